The number of aromatic nitrogens is 2. The number of carbonyl (C=O) groups excluding carboxylic acids is 1. The van der Waals surface area contributed by atoms with Gasteiger partial charge in [-0.3, -0.25) is 14.2 Å². The van der Waals surface area contributed by atoms with E-state index in [2.05, 4.69) is 10.3 Å². The standard InChI is InChI=1S/C24H20ClN3O4S2/c25-21-6-8-23(33-21)34(31,32)14-19(29)11-15-1-7-22(26-13-15)28-10-9-16-12-18(27-17-2-3-17)4-5-20(16)24(28)30/h1,4-10,12-13,17,27H,2-3,11,14H2. The zero-order valence-electron chi connectivity index (χ0n) is 17.9. The summed E-state index contributed by atoms with van der Waals surface area (Å²) in [7, 11) is -3.73. The van der Waals surface area contributed by atoms with Gasteiger partial charge >= 0.3 is 0 Å². The maximum Gasteiger partial charge on any atom is 0.264 e. The van der Waals surface area contributed by atoms with Crippen LogP contribution in [0.4, 0.5) is 5.69 Å². The fourth-order valence-electron chi connectivity index (χ4n) is 3.67. The number of hydrogen-bond donors (Lipinski definition) is 1. The molecule has 1 aliphatic carbocycles. The van der Waals surface area contributed by atoms with E-state index in [0.717, 1.165) is 22.4 Å². The van der Waals surface area contributed by atoms with E-state index < -0.39 is 21.4 Å². The molecule has 0 atom stereocenters. The maximum absolute atomic E-state index is 13.0. The van der Waals surface area contributed by atoms with Crippen molar-refractivity contribution in [1.82, 2.24) is 9.55 Å². The highest BCUT2D eigenvalue weighted by atomic mass is 35.5. The number of halogens is 1. The van der Waals surface area contributed by atoms with Crippen LogP contribution in [-0.2, 0) is 21.1 Å². The summed E-state index contributed by atoms with van der Waals surface area (Å²) < 4.78 is 26.6. The fourth-order valence-corrected chi connectivity index (χ4v) is 6.48. The maximum atomic E-state index is 13.0. The van der Waals surface area contributed by atoms with Crippen LogP contribution in [0.2, 0.25) is 4.34 Å². The van der Waals surface area contributed by atoms with Gasteiger partial charge < -0.3 is 5.32 Å². The Balaban J connectivity index is 1.31. The molecule has 7 nitrogen and oxygen atoms in total. The van der Waals surface area contributed by atoms with Gasteiger partial charge in [-0.2, -0.15) is 0 Å². The zero-order valence-corrected chi connectivity index (χ0v) is 20.3. The van der Waals surface area contributed by atoms with Crippen molar-refractivity contribution in [2.45, 2.75) is 29.5 Å². The summed E-state index contributed by atoms with van der Waals surface area (Å²) in [4.78, 5) is 29.7. The molecule has 1 aromatic carbocycles. The average Bonchev–Trinajstić information content (AvgIpc) is 3.50. The number of ketones is 1. The van der Waals surface area contributed by atoms with Gasteiger partial charge in [-0.05, 0) is 66.3 Å². The Morgan fingerprint density at radius 2 is 1.97 bits per heavy atom. The number of hydrogen-bond acceptors (Lipinski definition) is 7. The minimum atomic E-state index is -3.73. The minimum Gasteiger partial charge on any atom is -0.382 e. The molecule has 34 heavy (non-hydrogen) atoms. The van der Waals surface area contributed by atoms with Gasteiger partial charge in [0, 0.05) is 35.9 Å². The Bertz CT molecular complexity index is 1560. The van der Waals surface area contributed by atoms with Gasteiger partial charge in [-0.15, -0.1) is 11.3 Å². The van der Waals surface area contributed by atoms with Crippen molar-refractivity contribution in [3.8, 4) is 5.82 Å². The number of nitrogens with one attached hydrogen (secondary N) is 1. The van der Waals surface area contributed by atoms with Crippen molar-refractivity contribution in [3.63, 3.8) is 0 Å². The molecule has 5 rings (SSSR count). The molecular formula is C24H20ClN3O4S2. The summed E-state index contributed by atoms with van der Waals surface area (Å²) in [6.07, 6.45) is 5.44. The highest BCUT2D eigenvalue weighted by molar-refractivity contribution is 7.94. The third-order valence-corrected chi connectivity index (χ3v) is 9.00. The smallest absolute Gasteiger partial charge is 0.264 e. The van der Waals surface area contributed by atoms with Crippen LogP contribution < -0.4 is 10.9 Å². The Hall–Kier alpha value is -3.01. The second-order valence-corrected chi connectivity index (χ2v) is 12.2. The largest absolute Gasteiger partial charge is 0.382 e. The van der Waals surface area contributed by atoms with Crippen LogP contribution in [0.25, 0.3) is 16.6 Å². The monoisotopic (exact) mass is 513 g/mol. The number of nitrogens with zero attached hydrogens (tertiary/aromatic N) is 2. The Morgan fingerprint density at radius 1 is 1.15 bits per heavy atom. The first kappa shape index (κ1) is 22.8. The number of sulfone groups is 1. The summed E-state index contributed by atoms with van der Waals surface area (Å²) in [5.41, 5.74) is 1.38. The van der Waals surface area contributed by atoms with Crippen molar-refractivity contribution in [2.24, 2.45) is 0 Å². The third kappa shape index (κ3) is 4.91. The molecule has 3 heterocycles. The number of carbonyl (C=O) groups is 1. The Morgan fingerprint density at radius 3 is 2.65 bits per heavy atom. The van der Waals surface area contributed by atoms with Crippen LogP contribution in [0.3, 0.4) is 0 Å². The second-order valence-electron chi connectivity index (χ2n) is 8.27. The quantitative estimate of drug-likeness (QED) is 0.378. The lowest BCUT2D eigenvalue weighted by molar-refractivity contribution is -0.116. The first-order chi connectivity index (χ1) is 16.3. The molecule has 174 valence electrons. The number of pyridine rings is 2. The average molecular weight is 514 g/mol. The van der Waals surface area contributed by atoms with Crippen molar-refractivity contribution < 1.29 is 13.2 Å². The Labute approximate surface area is 205 Å². The van der Waals surface area contributed by atoms with E-state index in [1.165, 1.54) is 35.7 Å². The molecule has 0 unspecified atom stereocenters. The van der Waals surface area contributed by atoms with E-state index in [1.807, 2.05) is 24.3 Å². The lowest BCUT2D eigenvalue weighted by atomic mass is 10.1. The number of Topliss-reactive ketones (excluding diaryl/α,β-unsaturated/α-hetero) is 1. The Kier molecular flexibility index (Phi) is 6.01. The molecule has 0 saturated heterocycles. The molecule has 0 bridgehead atoms. The van der Waals surface area contributed by atoms with E-state index in [1.54, 1.807) is 18.3 Å². The summed E-state index contributed by atoms with van der Waals surface area (Å²) in [5.74, 6) is -0.630. The van der Waals surface area contributed by atoms with Crippen LogP contribution in [0.1, 0.15) is 18.4 Å². The molecular weight excluding hydrogens is 494 g/mol. The topological polar surface area (TPSA) is 98.1 Å². The summed E-state index contributed by atoms with van der Waals surface area (Å²) >= 11 is 6.73. The molecule has 1 fully saturated rings. The van der Waals surface area contributed by atoms with Gasteiger partial charge in [0.1, 0.15) is 15.8 Å². The molecule has 1 saturated carbocycles. The lowest BCUT2D eigenvalue weighted by Gasteiger charge is -2.09. The molecule has 0 spiro atoms. The number of fused-ring (bicyclic) bond motifs is 1. The van der Waals surface area contributed by atoms with Crippen LogP contribution >= 0.6 is 22.9 Å². The van der Waals surface area contributed by atoms with Crippen LogP contribution in [0.15, 0.2) is 69.9 Å². The molecule has 0 aliphatic heterocycles. The van der Waals surface area contributed by atoms with Crippen molar-refractivity contribution in [3.05, 3.63) is 81.2 Å². The highest BCUT2D eigenvalue weighted by Gasteiger charge is 2.22. The van der Waals surface area contributed by atoms with E-state index in [9.17, 15) is 18.0 Å². The molecule has 1 N–H and O–H groups in total. The third-order valence-electron chi connectivity index (χ3n) is 5.52. The normalized spacial score (nSPS) is 13.8. The number of rotatable bonds is 8. The molecule has 0 radical (unpaired) electrons. The van der Waals surface area contributed by atoms with E-state index in [0.29, 0.717) is 27.1 Å². The first-order valence-electron chi connectivity index (χ1n) is 10.7. The summed E-state index contributed by atoms with van der Waals surface area (Å²) in [5, 5.41) is 4.86. The minimum absolute atomic E-state index is 0.0744. The van der Waals surface area contributed by atoms with Crippen LogP contribution in [0, 0.1) is 0 Å². The fraction of sp³-hybridized carbons (Fsp3) is 0.208. The van der Waals surface area contributed by atoms with Crippen LogP contribution in [0.5, 0.6) is 0 Å². The van der Waals surface area contributed by atoms with E-state index in [-0.39, 0.29) is 16.2 Å². The first-order valence-corrected chi connectivity index (χ1v) is 13.5. The second kappa shape index (κ2) is 8.98. The van der Waals surface area contributed by atoms with Crippen molar-refractivity contribution in [1.29, 1.82) is 0 Å². The van der Waals surface area contributed by atoms with Crippen molar-refractivity contribution >= 4 is 55.0 Å². The summed E-state index contributed by atoms with van der Waals surface area (Å²) in [6.45, 7) is 0. The van der Waals surface area contributed by atoms with E-state index in [4.69, 9.17) is 11.6 Å². The van der Waals surface area contributed by atoms with Gasteiger partial charge in [-0.1, -0.05) is 17.7 Å². The molecule has 4 aromatic rings. The zero-order chi connectivity index (χ0) is 23.9. The van der Waals surface area contributed by atoms with Crippen LogP contribution in [-0.4, -0.2) is 35.5 Å². The van der Waals surface area contributed by atoms with Gasteiger partial charge in [-0.25, -0.2) is 13.4 Å². The predicted molar refractivity (Wildman–Crippen MR) is 134 cm³/mol. The number of anilines is 1. The molecule has 1 aliphatic rings. The number of thiophene rings is 1. The highest BCUT2D eigenvalue weighted by Crippen LogP contribution is 2.27. The summed E-state index contributed by atoms with van der Waals surface area (Å²) in [6, 6.07) is 14.3. The van der Waals surface area contributed by atoms with Gasteiger partial charge in [0.25, 0.3) is 5.56 Å². The van der Waals surface area contributed by atoms with Crippen molar-refractivity contribution in [2.75, 3.05) is 11.1 Å². The van der Waals surface area contributed by atoms with Gasteiger partial charge in [0.2, 0.25) is 0 Å². The molecule has 0 amide bonds. The SMILES string of the molecule is O=C(Cc1ccc(-n2ccc3cc(NC4CC4)ccc3c2=O)nc1)CS(=O)(=O)c1ccc(Cl)s1. The van der Waals surface area contributed by atoms with Gasteiger partial charge in [0.15, 0.2) is 15.6 Å². The lowest BCUT2D eigenvalue weighted by Crippen LogP contribution is -2.19. The van der Waals surface area contributed by atoms with E-state index >= 15 is 0 Å². The van der Waals surface area contributed by atoms with Gasteiger partial charge in [0.05, 0.1) is 4.34 Å². The number of benzene rings is 1. The molecule has 10 heteroatoms. The molecule has 3 aromatic heterocycles. The predicted octanol–water partition coefficient (Wildman–Crippen LogP) is 4.26.